The van der Waals surface area contributed by atoms with Gasteiger partial charge in [-0.15, -0.1) is 0 Å². The summed E-state index contributed by atoms with van der Waals surface area (Å²) in [6, 6.07) is 7.03. The highest BCUT2D eigenvalue weighted by Gasteiger charge is 2.18. The Morgan fingerprint density at radius 3 is 3.06 bits per heavy atom. The van der Waals surface area contributed by atoms with Gasteiger partial charge >= 0.3 is 0 Å². The number of halogens is 1. The second-order valence-electron chi connectivity index (χ2n) is 4.83. The van der Waals surface area contributed by atoms with Crippen LogP contribution in [0.3, 0.4) is 0 Å². The Hall–Kier alpha value is -1.44. The van der Waals surface area contributed by atoms with Crippen LogP contribution in [0.5, 0.6) is 0 Å². The molecule has 0 spiro atoms. The van der Waals surface area contributed by atoms with Crippen LogP contribution in [0.15, 0.2) is 18.2 Å². The van der Waals surface area contributed by atoms with E-state index in [4.69, 9.17) is 5.26 Å². The zero-order valence-electron chi connectivity index (χ0n) is 10.6. The monoisotopic (exact) mass is 247 g/mol. The Balaban J connectivity index is 2.06. The van der Waals surface area contributed by atoms with Gasteiger partial charge in [0.25, 0.3) is 0 Å². The zero-order valence-corrected chi connectivity index (χ0v) is 10.6. The lowest BCUT2D eigenvalue weighted by Crippen LogP contribution is -2.43. The van der Waals surface area contributed by atoms with Crippen LogP contribution in [0, 0.1) is 17.1 Å². The SMILES string of the molecule is CN(Cc1cc(C#N)ccc1F)C1CCCNC1. The number of nitrogens with one attached hydrogen (secondary N) is 1. The molecule has 3 nitrogen and oxygen atoms in total. The predicted molar refractivity (Wildman–Crippen MR) is 68.5 cm³/mol. The Kier molecular flexibility index (Phi) is 4.29. The molecule has 1 aliphatic rings. The number of nitriles is 1. The maximum atomic E-state index is 13.7. The number of hydrogen-bond donors (Lipinski definition) is 1. The summed E-state index contributed by atoms with van der Waals surface area (Å²) >= 11 is 0. The minimum Gasteiger partial charge on any atom is -0.315 e. The van der Waals surface area contributed by atoms with Gasteiger partial charge in [0.05, 0.1) is 11.6 Å². The van der Waals surface area contributed by atoms with Crippen LogP contribution in [0.25, 0.3) is 0 Å². The number of hydrogen-bond acceptors (Lipinski definition) is 3. The maximum Gasteiger partial charge on any atom is 0.127 e. The number of rotatable bonds is 3. The molecule has 1 atom stereocenters. The van der Waals surface area contributed by atoms with E-state index in [-0.39, 0.29) is 5.82 Å². The summed E-state index contributed by atoms with van der Waals surface area (Å²) in [7, 11) is 2.01. The Morgan fingerprint density at radius 2 is 2.39 bits per heavy atom. The van der Waals surface area contributed by atoms with Gasteiger partial charge in [-0.25, -0.2) is 4.39 Å². The molecular weight excluding hydrogens is 229 g/mol. The first-order valence-electron chi connectivity index (χ1n) is 6.30. The number of piperidine rings is 1. The molecule has 96 valence electrons. The summed E-state index contributed by atoms with van der Waals surface area (Å²) in [4.78, 5) is 2.16. The standard InChI is InChI=1S/C14H18FN3/c1-18(13-3-2-6-17-9-13)10-12-7-11(8-16)4-5-14(12)15/h4-5,7,13,17H,2-3,6,9-10H2,1H3. The summed E-state index contributed by atoms with van der Waals surface area (Å²) in [6.07, 6.45) is 2.30. The van der Waals surface area contributed by atoms with Gasteiger partial charge in [0.15, 0.2) is 0 Å². The molecule has 0 saturated carbocycles. The second kappa shape index (κ2) is 5.94. The normalized spacial score (nSPS) is 19.8. The highest BCUT2D eigenvalue weighted by Crippen LogP contribution is 2.16. The highest BCUT2D eigenvalue weighted by molar-refractivity contribution is 5.33. The van der Waals surface area contributed by atoms with Crippen molar-refractivity contribution >= 4 is 0 Å². The van der Waals surface area contributed by atoms with Crippen LogP contribution in [0.2, 0.25) is 0 Å². The summed E-state index contributed by atoms with van der Waals surface area (Å²) in [6.45, 7) is 2.58. The van der Waals surface area contributed by atoms with Crippen molar-refractivity contribution in [3.05, 3.63) is 35.1 Å². The van der Waals surface area contributed by atoms with E-state index in [0.29, 0.717) is 23.7 Å². The van der Waals surface area contributed by atoms with E-state index in [2.05, 4.69) is 10.2 Å². The molecule has 18 heavy (non-hydrogen) atoms. The first kappa shape index (κ1) is 13.0. The third-order valence-corrected chi connectivity index (χ3v) is 3.49. The molecule has 1 aliphatic heterocycles. The fraction of sp³-hybridized carbons (Fsp3) is 0.500. The first-order chi connectivity index (χ1) is 8.70. The van der Waals surface area contributed by atoms with Crippen LogP contribution < -0.4 is 5.32 Å². The molecular formula is C14H18FN3. The van der Waals surface area contributed by atoms with Crippen molar-refractivity contribution in [2.45, 2.75) is 25.4 Å². The predicted octanol–water partition coefficient (Wildman–Crippen LogP) is 1.88. The Bertz CT molecular complexity index is 447. The molecule has 0 amide bonds. The zero-order chi connectivity index (χ0) is 13.0. The molecule has 1 unspecified atom stereocenters. The topological polar surface area (TPSA) is 39.1 Å². The largest absolute Gasteiger partial charge is 0.315 e. The lowest BCUT2D eigenvalue weighted by Gasteiger charge is -2.31. The Labute approximate surface area is 107 Å². The number of likely N-dealkylation sites (N-methyl/N-ethyl adjacent to an activating group) is 1. The summed E-state index contributed by atoms with van der Waals surface area (Å²) in [5.41, 5.74) is 1.11. The smallest absolute Gasteiger partial charge is 0.127 e. The molecule has 2 rings (SSSR count). The van der Waals surface area contributed by atoms with E-state index in [1.165, 1.54) is 12.1 Å². The molecule has 1 saturated heterocycles. The van der Waals surface area contributed by atoms with Crippen molar-refractivity contribution in [3.8, 4) is 6.07 Å². The lowest BCUT2D eigenvalue weighted by atomic mass is 10.0. The molecule has 4 heteroatoms. The molecule has 1 fully saturated rings. The molecule has 1 aromatic rings. The van der Waals surface area contributed by atoms with E-state index < -0.39 is 0 Å². The minimum atomic E-state index is -0.232. The van der Waals surface area contributed by atoms with Gasteiger partial charge in [0, 0.05) is 24.7 Å². The van der Waals surface area contributed by atoms with Crippen LogP contribution >= 0.6 is 0 Å². The number of benzene rings is 1. The van der Waals surface area contributed by atoms with Crippen LogP contribution in [-0.2, 0) is 6.54 Å². The van der Waals surface area contributed by atoms with Crippen molar-refractivity contribution < 1.29 is 4.39 Å². The van der Waals surface area contributed by atoms with Crippen LogP contribution in [0.4, 0.5) is 4.39 Å². The highest BCUT2D eigenvalue weighted by atomic mass is 19.1. The lowest BCUT2D eigenvalue weighted by molar-refractivity contribution is 0.194. The van der Waals surface area contributed by atoms with Crippen LogP contribution in [-0.4, -0.2) is 31.1 Å². The fourth-order valence-corrected chi connectivity index (χ4v) is 2.37. The summed E-state index contributed by atoms with van der Waals surface area (Å²) in [5.74, 6) is -0.232. The maximum absolute atomic E-state index is 13.7. The first-order valence-corrected chi connectivity index (χ1v) is 6.30. The average molecular weight is 247 g/mol. The van der Waals surface area contributed by atoms with Gasteiger partial charge < -0.3 is 5.32 Å². The molecule has 1 N–H and O–H groups in total. The van der Waals surface area contributed by atoms with E-state index in [9.17, 15) is 4.39 Å². The van der Waals surface area contributed by atoms with E-state index in [1.54, 1.807) is 6.07 Å². The third-order valence-electron chi connectivity index (χ3n) is 3.49. The van der Waals surface area contributed by atoms with Gasteiger partial charge in [-0.2, -0.15) is 5.26 Å². The van der Waals surface area contributed by atoms with Crippen molar-refractivity contribution in [2.24, 2.45) is 0 Å². The van der Waals surface area contributed by atoms with Crippen molar-refractivity contribution in [2.75, 3.05) is 20.1 Å². The summed E-state index contributed by atoms with van der Waals surface area (Å²) in [5, 5.41) is 12.2. The van der Waals surface area contributed by atoms with Gasteiger partial charge in [-0.05, 0) is 44.6 Å². The molecule has 0 aliphatic carbocycles. The van der Waals surface area contributed by atoms with Gasteiger partial charge in [0.2, 0.25) is 0 Å². The molecule has 1 heterocycles. The van der Waals surface area contributed by atoms with Gasteiger partial charge in [0.1, 0.15) is 5.82 Å². The van der Waals surface area contributed by atoms with Crippen molar-refractivity contribution in [3.63, 3.8) is 0 Å². The van der Waals surface area contributed by atoms with Crippen molar-refractivity contribution in [1.29, 1.82) is 5.26 Å². The molecule has 0 bridgehead atoms. The molecule has 0 radical (unpaired) electrons. The van der Waals surface area contributed by atoms with Gasteiger partial charge in [-0.3, -0.25) is 4.90 Å². The fourth-order valence-electron chi connectivity index (χ4n) is 2.37. The quantitative estimate of drug-likeness (QED) is 0.886. The average Bonchev–Trinajstić information content (AvgIpc) is 2.42. The van der Waals surface area contributed by atoms with E-state index >= 15 is 0 Å². The third kappa shape index (κ3) is 3.06. The van der Waals surface area contributed by atoms with Crippen LogP contribution in [0.1, 0.15) is 24.0 Å². The Morgan fingerprint density at radius 1 is 1.56 bits per heavy atom. The van der Waals surface area contributed by atoms with E-state index in [0.717, 1.165) is 25.9 Å². The van der Waals surface area contributed by atoms with E-state index in [1.807, 2.05) is 13.1 Å². The molecule has 1 aromatic carbocycles. The number of nitrogens with zero attached hydrogens (tertiary/aromatic N) is 2. The summed E-state index contributed by atoms with van der Waals surface area (Å²) < 4.78 is 13.7. The van der Waals surface area contributed by atoms with Gasteiger partial charge in [-0.1, -0.05) is 0 Å². The second-order valence-corrected chi connectivity index (χ2v) is 4.83. The van der Waals surface area contributed by atoms with Crippen molar-refractivity contribution in [1.82, 2.24) is 10.2 Å². The minimum absolute atomic E-state index is 0.232. The molecule has 0 aromatic heterocycles.